The highest BCUT2D eigenvalue weighted by Gasteiger charge is 2.48. The van der Waals surface area contributed by atoms with Gasteiger partial charge in [0.05, 0.1) is 13.7 Å². The van der Waals surface area contributed by atoms with E-state index in [0.717, 1.165) is 38.8 Å². The summed E-state index contributed by atoms with van der Waals surface area (Å²) in [4.78, 5) is 11.9. The molecule has 86 valence electrons. The first-order valence-electron chi connectivity index (χ1n) is 5.71. The second kappa shape index (κ2) is 4.49. The third kappa shape index (κ3) is 1.88. The van der Waals surface area contributed by atoms with Crippen molar-refractivity contribution in [3.8, 4) is 0 Å². The average Bonchev–Trinajstić information content (AvgIpc) is 2.79. The van der Waals surface area contributed by atoms with Crippen LogP contribution in [0.15, 0.2) is 0 Å². The van der Waals surface area contributed by atoms with Crippen molar-refractivity contribution in [2.45, 2.75) is 31.2 Å². The molecule has 0 bridgehead atoms. The van der Waals surface area contributed by atoms with Gasteiger partial charge in [0.1, 0.15) is 5.54 Å². The molecule has 2 fully saturated rings. The van der Waals surface area contributed by atoms with Gasteiger partial charge in [0, 0.05) is 12.5 Å². The Morgan fingerprint density at radius 3 is 2.93 bits per heavy atom. The normalized spacial score (nSPS) is 36.5. The molecular formula is C11H19NO3. The number of methoxy groups -OCH3 is 1. The summed E-state index contributed by atoms with van der Waals surface area (Å²) in [6, 6.07) is 0. The number of carbonyl (C=O) groups excluding carboxylic acids is 1. The molecule has 0 spiro atoms. The van der Waals surface area contributed by atoms with Crippen LogP contribution in [0.1, 0.15) is 25.7 Å². The maximum atomic E-state index is 11.9. The lowest BCUT2D eigenvalue weighted by Crippen LogP contribution is -2.56. The van der Waals surface area contributed by atoms with E-state index in [1.165, 1.54) is 7.11 Å². The molecule has 2 heterocycles. The van der Waals surface area contributed by atoms with Crippen LogP contribution in [-0.4, -0.2) is 38.4 Å². The number of carbonyl (C=O) groups is 1. The van der Waals surface area contributed by atoms with Crippen molar-refractivity contribution in [2.75, 3.05) is 26.9 Å². The number of nitrogens with one attached hydrogen (secondary N) is 1. The zero-order valence-corrected chi connectivity index (χ0v) is 9.25. The molecule has 0 aliphatic carbocycles. The Morgan fingerprint density at radius 1 is 1.53 bits per heavy atom. The lowest BCUT2D eigenvalue weighted by molar-refractivity contribution is -0.153. The third-order valence-electron chi connectivity index (χ3n) is 3.60. The second-order valence-electron chi connectivity index (χ2n) is 4.41. The fraction of sp³-hybridized carbons (Fsp3) is 0.909. The molecule has 0 aromatic rings. The van der Waals surface area contributed by atoms with E-state index in [2.05, 4.69) is 5.32 Å². The minimum atomic E-state index is -0.463. The summed E-state index contributed by atoms with van der Waals surface area (Å²) in [5.41, 5.74) is -0.463. The first kappa shape index (κ1) is 10.9. The molecule has 4 nitrogen and oxygen atoms in total. The van der Waals surface area contributed by atoms with Crippen molar-refractivity contribution in [1.29, 1.82) is 0 Å². The van der Waals surface area contributed by atoms with E-state index in [1.54, 1.807) is 0 Å². The molecule has 4 heteroatoms. The summed E-state index contributed by atoms with van der Waals surface area (Å²) in [6.07, 6.45) is 4.03. The van der Waals surface area contributed by atoms with Gasteiger partial charge in [-0.15, -0.1) is 0 Å². The van der Waals surface area contributed by atoms with Gasteiger partial charge in [-0.3, -0.25) is 4.79 Å². The van der Waals surface area contributed by atoms with E-state index in [4.69, 9.17) is 9.47 Å². The topological polar surface area (TPSA) is 47.6 Å². The van der Waals surface area contributed by atoms with Gasteiger partial charge in [0.15, 0.2) is 0 Å². The second-order valence-corrected chi connectivity index (χ2v) is 4.41. The Morgan fingerprint density at radius 2 is 2.40 bits per heavy atom. The molecular weight excluding hydrogens is 194 g/mol. The molecule has 2 unspecified atom stereocenters. The fourth-order valence-electron chi connectivity index (χ4n) is 2.77. The largest absolute Gasteiger partial charge is 0.468 e. The van der Waals surface area contributed by atoms with Crippen molar-refractivity contribution in [3.05, 3.63) is 0 Å². The Kier molecular flexibility index (Phi) is 3.26. The van der Waals surface area contributed by atoms with Crippen LogP contribution >= 0.6 is 0 Å². The van der Waals surface area contributed by atoms with Crippen LogP contribution in [0.4, 0.5) is 0 Å². The number of rotatable bonds is 2. The molecule has 1 N–H and O–H groups in total. The van der Waals surface area contributed by atoms with Crippen LogP contribution in [0.25, 0.3) is 0 Å². The van der Waals surface area contributed by atoms with Crippen molar-refractivity contribution >= 4 is 5.97 Å². The van der Waals surface area contributed by atoms with Crippen molar-refractivity contribution in [1.82, 2.24) is 5.32 Å². The third-order valence-corrected chi connectivity index (χ3v) is 3.60. The first-order chi connectivity index (χ1) is 7.29. The Labute approximate surface area is 90.3 Å². The summed E-state index contributed by atoms with van der Waals surface area (Å²) in [6.45, 7) is 2.42. The number of ether oxygens (including phenoxy) is 2. The van der Waals surface area contributed by atoms with E-state index in [1.807, 2.05) is 0 Å². The van der Waals surface area contributed by atoms with Gasteiger partial charge in [0.25, 0.3) is 0 Å². The van der Waals surface area contributed by atoms with Crippen molar-refractivity contribution < 1.29 is 14.3 Å². The lowest BCUT2D eigenvalue weighted by atomic mass is 9.79. The van der Waals surface area contributed by atoms with E-state index in [9.17, 15) is 4.79 Å². The highest BCUT2D eigenvalue weighted by atomic mass is 16.5. The zero-order valence-electron chi connectivity index (χ0n) is 9.25. The van der Waals surface area contributed by atoms with E-state index in [-0.39, 0.29) is 11.9 Å². The summed E-state index contributed by atoms with van der Waals surface area (Å²) < 4.78 is 10.4. The smallest absolute Gasteiger partial charge is 0.326 e. The van der Waals surface area contributed by atoms with Crippen LogP contribution in [0.2, 0.25) is 0 Å². The summed E-state index contributed by atoms with van der Waals surface area (Å²) in [5.74, 6) is 0.164. The van der Waals surface area contributed by atoms with Gasteiger partial charge < -0.3 is 14.8 Å². The maximum absolute atomic E-state index is 11.9. The number of esters is 1. The van der Waals surface area contributed by atoms with E-state index in [0.29, 0.717) is 6.61 Å². The monoisotopic (exact) mass is 213 g/mol. The number of hydrogen-bond donors (Lipinski definition) is 1. The Balaban J connectivity index is 2.13. The molecule has 0 saturated carbocycles. The van der Waals surface area contributed by atoms with Crippen LogP contribution in [0.3, 0.4) is 0 Å². The zero-order chi connectivity index (χ0) is 10.7. The first-order valence-corrected chi connectivity index (χ1v) is 5.71. The molecule has 2 aliphatic heterocycles. The standard InChI is InChI=1S/C11H19NO3/c1-14-10(13)11(5-3-6-12-11)9-4-2-7-15-8-9/h9,12H,2-8H2,1H3. The molecule has 2 aliphatic rings. The Hall–Kier alpha value is -0.610. The minimum Gasteiger partial charge on any atom is -0.468 e. The van der Waals surface area contributed by atoms with Crippen molar-refractivity contribution in [3.63, 3.8) is 0 Å². The van der Waals surface area contributed by atoms with Gasteiger partial charge in [-0.2, -0.15) is 0 Å². The quantitative estimate of drug-likeness (QED) is 0.686. The predicted octanol–water partition coefficient (Wildman–Crippen LogP) is 0.708. The predicted molar refractivity (Wildman–Crippen MR) is 55.5 cm³/mol. The van der Waals surface area contributed by atoms with Crippen LogP contribution in [0, 0.1) is 5.92 Å². The summed E-state index contributed by atoms with van der Waals surface area (Å²) in [7, 11) is 1.47. The average molecular weight is 213 g/mol. The van der Waals surface area contributed by atoms with Gasteiger partial charge >= 0.3 is 5.97 Å². The SMILES string of the molecule is COC(=O)C1(C2CCCOC2)CCCN1. The highest BCUT2D eigenvalue weighted by molar-refractivity contribution is 5.81. The fourth-order valence-corrected chi connectivity index (χ4v) is 2.77. The lowest BCUT2D eigenvalue weighted by Gasteiger charge is -2.37. The highest BCUT2D eigenvalue weighted by Crippen LogP contribution is 2.34. The van der Waals surface area contributed by atoms with Gasteiger partial charge in [0.2, 0.25) is 0 Å². The maximum Gasteiger partial charge on any atom is 0.326 e. The van der Waals surface area contributed by atoms with Gasteiger partial charge in [-0.05, 0) is 32.2 Å². The molecule has 0 amide bonds. The summed E-state index contributed by atoms with van der Waals surface area (Å²) in [5, 5.41) is 3.34. The van der Waals surface area contributed by atoms with Gasteiger partial charge in [-0.1, -0.05) is 0 Å². The Bertz CT molecular complexity index is 230. The molecule has 0 radical (unpaired) electrons. The van der Waals surface area contributed by atoms with E-state index >= 15 is 0 Å². The van der Waals surface area contributed by atoms with Crippen LogP contribution in [0.5, 0.6) is 0 Å². The molecule has 2 saturated heterocycles. The van der Waals surface area contributed by atoms with Gasteiger partial charge in [-0.25, -0.2) is 0 Å². The van der Waals surface area contributed by atoms with E-state index < -0.39 is 5.54 Å². The molecule has 2 atom stereocenters. The molecule has 15 heavy (non-hydrogen) atoms. The molecule has 2 rings (SSSR count). The van der Waals surface area contributed by atoms with Crippen LogP contribution in [-0.2, 0) is 14.3 Å². The minimum absolute atomic E-state index is 0.115. The van der Waals surface area contributed by atoms with Crippen molar-refractivity contribution in [2.24, 2.45) is 5.92 Å². The molecule has 0 aromatic carbocycles. The summed E-state index contributed by atoms with van der Waals surface area (Å²) >= 11 is 0. The number of hydrogen-bond acceptors (Lipinski definition) is 4. The molecule has 0 aromatic heterocycles. The van der Waals surface area contributed by atoms with Crippen LogP contribution < -0.4 is 5.32 Å².